The van der Waals surface area contributed by atoms with Gasteiger partial charge in [-0.3, -0.25) is 24.1 Å². The van der Waals surface area contributed by atoms with Crippen molar-refractivity contribution in [3.63, 3.8) is 0 Å². The number of thiazole rings is 1. The number of hydrogen-bond donors (Lipinski definition) is 2. The average molecular weight is 420 g/mol. The van der Waals surface area contributed by atoms with Crippen molar-refractivity contribution in [3.05, 3.63) is 65.0 Å². The maximum Gasteiger partial charge on any atom is 0.262 e. The molecule has 1 aromatic heterocycles. The molecule has 0 bridgehead atoms. The fraction of sp³-hybridized carbons (Fsp3) is 0.0952. The number of hydrogen-bond acceptors (Lipinski definition) is 6. The highest BCUT2D eigenvalue weighted by molar-refractivity contribution is 7.14. The van der Waals surface area contributed by atoms with Crippen LogP contribution >= 0.6 is 11.3 Å². The fourth-order valence-corrected chi connectivity index (χ4v) is 3.81. The van der Waals surface area contributed by atoms with Gasteiger partial charge in [0, 0.05) is 23.6 Å². The van der Waals surface area contributed by atoms with E-state index >= 15 is 0 Å². The first-order chi connectivity index (χ1) is 14.4. The molecule has 0 atom stereocenters. The molecule has 0 unspecified atom stereocenters. The summed E-state index contributed by atoms with van der Waals surface area (Å²) in [5.41, 5.74) is 2.76. The third kappa shape index (κ3) is 3.83. The number of nitrogens with one attached hydrogen (secondary N) is 2. The van der Waals surface area contributed by atoms with E-state index in [-0.39, 0.29) is 12.5 Å². The lowest BCUT2D eigenvalue weighted by molar-refractivity contribution is -0.116. The van der Waals surface area contributed by atoms with Crippen molar-refractivity contribution in [2.45, 2.75) is 6.92 Å². The molecular weight excluding hydrogens is 404 g/mol. The molecule has 3 aromatic rings. The number of anilines is 2. The predicted octanol–water partition coefficient (Wildman–Crippen LogP) is 3.00. The van der Waals surface area contributed by atoms with Crippen molar-refractivity contribution in [2.24, 2.45) is 0 Å². The first kappa shape index (κ1) is 19.5. The summed E-state index contributed by atoms with van der Waals surface area (Å²) >= 11 is 1.23. The number of carbonyl (C=O) groups is 4. The maximum absolute atomic E-state index is 12.4. The van der Waals surface area contributed by atoms with Crippen LogP contribution in [-0.2, 0) is 9.59 Å². The number of rotatable bonds is 5. The van der Waals surface area contributed by atoms with Gasteiger partial charge in [0.2, 0.25) is 11.8 Å². The van der Waals surface area contributed by atoms with Crippen LogP contribution in [-0.4, -0.2) is 40.1 Å². The highest BCUT2D eigenvalue weighted by atomic mass is 32.1. The summed E-state index contributed by atoms with van der Waals surface area (Å²) in [6.45, 7) is 1.05. The van der Waals surface area contributed by atoms with Crippen molar-refractivity contribution in [1.82, 2.24) is 9.88 Å². The number of aromatic nitrogens is 1. The monoisotopic (exact) mass is 420 g/mol. The van der Waals surface area contributed by atoms with E-state index in [4.69, 9.17) is 0 Å². The Labute approximate surface area is 175 Å². The first-order valence-electron chi connectivity index (χ1n) is 9.01. The van der Waals surface area contributed by atoms with Gasteiger partial charge in [0.25, 0.3) is 11.8 Å². The molecule has 2 heterocycles. The summed E-state index contributed by atoms with van der Waals surface area (Å²) in [5.74, 6) is -1.62. The van der Waals surface area contributed by atoms with Crippen LogP contribution in [0.4, 0.5) is 10.8 Å². The molecule has 8 nitrogen and oxygen atoms in total. The van der Waals surface area contributed by atoms with E-state index in [1.54, 1.807) is 41.8 Å². The van der Waals surface area contributed by atoms with Crippen LogP contribution in [0.5, 0.6) is 0 Å². The molecule has 4 rings (SSSR count). The zero-order valence-electron chi connectivity index (χ0n) is 15.8. The molecule has 9 heteroatoms. The third-order valence-electron chi connectivity index (χ3n) is 4.43. The summed E-state index contributed by atoms with van der Waals surface area (Å²) in [7, 11) is 0. The molecule has 0 aliphatic carbocycles. The smallest absolute Gasteiger partial charge is 0.262 e. The van der Waals surface area contributed by atoms with Gasteiger partial charge in [-0.05, 0) is 24.3 Å². The van der Waals surface area contributed by atoms with E-state index in [9.17, 15) is 19.2 Å². The van der Waals surface area contributed by atoms with Crippen molar-refractivity contribution in [1.29, 1.82) is 0 Å². The van der Waals surface area contributed by atoms with Crippen molar-refractivity contribution < 1.29 is 19.2 Å². The molecule has 1 aliphatic rings. The van der Waals surface area contributed by atoms with Gasteiger partial charge in [-0.15, -0.1) is 11.3 Å². The Balaban J connectivity index is 1.41. The molecule has 0 radical (unpaired) electrons. The molecule has 0 saturated carbocycles. The van der Waals surface area contributed by atoms with Crippen LogP contribution in [0.2, 0.25) is 0 Å². The van der Waals surface area contributed by atoms with Crippen molar-refractivity contribution in [3.8, 4) is 11.3 Å². The largest absolute Gasteiger partial charge is 0.326 e. The van der Waals surface area contributed by atoms with Gasteiger partial charge in [-0.25, -0.2) is 4.98 Å². The lowest BCUT2D eigenvalue weighted by atomic mass is 10.1. The molecule has 4 amide bonds. The second-order valence-corrected chi connectivity index (χ2v) is 7.44. The Hall–Kier alpha value is -3.85. The normalized spacial score (nSPS) is 12.6. The van der Waals surface area contributed by atoms with E-state index in [1.165, 1.54) is 18.3 Å². The summed E-state index contributed by atoms with van der Waals surface area (Å²) < 4.78 is 0. The number of nitrogens with zero attached hydrogens (tertiary/aromatic N) is 2. The summed E-state index contributed by atoms with van der Waals surface area (Å²) in [6, 6.07) is 13.6. The van der Waals surface area contributed by atoms with Gasteiger partial charge >= 0.3 is 0 Å². The highest BCUT2D eigenvalue weighted by Gasteiger charge is 2.36. The Morgan fingerprint density at radius 3 is 2.20 bits per heavy atom. The van der Waals surface area contributed by atoms with Gasteiger partial charge in [0.05, 0.1) is 16.8 Å². The summed E-state index contributed by atoms with van der Waals surface area (Å²) in [6.07, 6.45) is 0. The maximum atomic E-state index is 12.4. The molecule has 0 saturated heterocycles. The van der Waals surface area contributed by atoms with Crippen molar-refractivity contribution >= 4 is 45.8 Å². The molecular formula is C21H16N4O4S. The first-order valence-corrected chi connectivity index (χ1v) is 9.89. The zero-order valence-corrected chi connectivity index (χ0v) is 16.7. The van der Waals surface area contributed by atoms with Crippen LogP contribution in [0.3, 0.4) is 0 Å². The summed E-state index contributed by atoms with van der Waals surface area (Å²) in [5, 5.41) is 7.46. The topological polar surface area (TPSA) is 108 Å². The number of benzene rings is 2. The molecule has 1 aliphatic heterocycles. The van der Waals surface area contributed by atoms with Gasteiger partial charge in [-0.1, -0.05) is 24.3 Å². The highest BCUT2D eigenvalue weighted by Crippen LogP contribution is 2.26. The Bertz CT molecular complexity index is 1130. The number of imide groups is 1. The number of amides is 4. The van der Waals surface area contributed by atoms with Crippen molar-refractivity contribution in [2.75, 3.05) is 17.2 Å². The standard InChI is InChI=1S/C21H16N4O4S/c1-12(26)22-14-8-6-13(7-9-14)17-11-30-21(23-17)24-18(27)10-25-19(28)15-4-2-3-5-16(15)20(25)29/h2-9,11H,10H2,1H3,(H,22,26)(H,23,24,27). The van der Waals surface area contributed by atoms with E-state index in [0.29, 0.717) is 27.6 Å². The van der Waals surface area contributed by atoms with Gasteiger partial charge in [-0.2, -0.15) is 0 Å². The second-order valence-electron chi connectivity index (χ2n) is 6.59. The SMILES string of the molecule is CC(=O)Nc1ccc(-c2csc(NC(=O)CN3C(=O)c4ccccc4C3=O)n2)cc1. The minimum Gasteiger partial charge on any atom is -0.326 e. The second kappa shape index (κ2) is 7.88. The van der Waals surface area contributed by atoms with E-state index in [1.807, 2.05) is 12.1 Å². The van der Waals surface area contributed by atoms with Gasteiger partial charge in [0.1, 0.15) is 6.54 Å². The van der Waals surface area contributed by atoms with E-state index in [0.717, 1.165) is 10.5 Å². The third-order valence-corrected chi connectivity index (χ3v) is 5.19. The minimum absolute atomic E-state index is 0.153. The Kier molecular flexibility index (Phi) is 5.11. The number of carbonyl (C=O) groups excluding carboxylic acids is 4. The van der Waals surface area contributed by atoms with Crippen LogP contribution in [0.1, 0.15) is 27.6 Å². The zero-order chi connectivity index (χ0) is 21.3. The molecule has 2 aromatic carbocycles. The lowest BCUT2D eigenvalue weighted by Gasteiger charge is -2.12. The predicted molar refractivity (Wildman–Crippen MR) is 112 cm³/mol. The quantitative estimate of drug-likeness (QED) is 0.617. The van der Waals surface area contributed by atoms with Crippen LogP contribution in [0.15, 0.2) is 53.9 Å². The molecule has 30 heavy (non-hydrogen) atoms. The number of fused-ring (bicyclic) bond motifs is 1. The molecule has 0 spiro atoms. The average Bonchev–Trinajstić information content (AvgIpc) is 3.27. The van der Waals surface area contributed by atoms with Crippen LogP contribution in [0, 0.1) is 0 Å². The van der Waals surface area contributed by atoms with Gasteiger partial charge < -0.3 is 10.6 Å². The minimum atomic E-state index is -0.508. The lowest BCUT2D eigenvalue weighted by Crippen LogP contribution is -2.37. The van der Waals surface area contributed by atoms with Crippen LogP contribution in [0.25, 0.3) is 11.3 Å². The molecule has 2 N–H and O–H groups in total. The summed E-state index contributed by atoms with van der Waals surface area (Å²) in [4.78, 5) is 53.5. The molecule has 0 fully saturated rings. The fourth-order valence-electron chi connectivity index (χ4n) is 3.08. The molecule has 150 valence electrons. The Morgan fingerprint density at radius 2 is 1.60 bits per heavy atom. The Morgan fingerprint density at radius 1 is 0.967 bits per heavy atom. The van der Waals surface area contributed by atoms with E-state index in [2.05, 4.69) is 15.6 Å². The van der Waals surface area contributed by atoms with Gasteiger partial charge in [0.15, 0.2) is 5.13 Å². The van der Waals surface area contributed by atoms with Crippen LogP contribution < -0.4 is 10.6 Å². The van der Waals surface area contributed by atoms with E-state index < -0.39 is 17.7 Å².